The SMILES string of the molecule is COc1ccc(N)cc1NC(=O)CSC(C)C(C)C. The highest BCUT2D eigenvalue weighted by Gasteiger charge is 2.12. The number of nitrogens with one attached hydrogen (secondary N) is 1. The zero-order valence-corrected chi connectivity index (χ0v) is 12.7. The van der Waals surface area contributed by atoms with Crippen LogP contribution in [0.3, 0.4) is 0 Å². The minimum Gasteiger partial charge on any atom is -0.495 e. The standard InChI is InChI=1S/C14H22N2O2S/c1-9(2)10(3)19-8-14(17)16-12-7-11(15)5-6-13(12)18-4/h5-7,9-10H,8,15H2,1-4H3,(H,16,17). The Bertz CT molecular complexity index is 435. The van der Waals surface area contributed by atoms with Crippen molar-refractivity contribution in [2.45, 2.75) is 26.0 Å². The summed E-state index contributed by atoms with van der Waals surface area (Å²) < 4.78 is 5.19. The smallest absolute Gasteiger partial charge is 0.234 e. The van der Waals surface area contributed by atoms with Gasteiger partial charge in [-0.05, 0) is 24.1 Å². The second kappa shape index (κ2) is 7.28. The summed E-state index contributed by atoms with van der Waals surface area (Å²) in [6.45, 7) is 6.43. The van der Waals surface area contributed by atoms with Crippen molar-refractivity contribution in [2.75, 3.05) is 23.9 Å². The molecule has 1 aromatic carbocycles. The number of thioether (sulfide) groups is 1. The van der Waals surface area contributed by atoms with Crippen molar-refractivity contribution in [3.8, 4) is 5.75 Å². The van der Waals surface area contributed by atoms with Crippen LogP contribution in [0.15, 0.2) is 18.2 Å². The molecule has 5 heteroatoms. The van der Waals surface area contributed by atoms with Crippen LogP contribution in [0.25, 0.3) is 0 Å². The summed E-state index contributed by atoms with van der Waals surface area (Å²) in [6.07, 6.45) is 0. The molecule has 4 nitrogen and oxygen atoms in total. The van der Waals surface area contributed by atoms with Crippen LogP contribution < -0.4 is 15.8 Å². The van der Waals surface area contributed by atoms with Gasteiger partial charge in [0.1, 0.15) is 5.75 Å². The van der Waals surface area contributed by atoms with Crippen molar-refractivity contribution in [2.24, 2.45) is 5.92 Å². The molecule has 0 radical (unpaired) electrons. The molecule has 0 fully saturated rings. The Morgan fingerprint density at radius 2 is 2.11 bits per heavy atom. The largest absolute Gasteiger partial charge is 0.495 e. The van der Waals surface area contributed by atoms with Crippen LogP contribution in [-0.2, 0) is 4.79 Å². The normalized spacial score (nSPS) is 12.3. The minimum absolute atomic E-state index is 0.0404. The molecule has 0 saturated carbocycles. The van der Waals surface area contributed by atoms with Crippen molar-refractivity contribution in [1.29, 1.82) is 0 Å². The average Bonchev–Trinajstić information content (AvgIpc) is 2.36. The highest BCUT2D eigenvalue weighted by Crippen LogP contribution is 2.27. The molecule has 1 aromatic rings. The van der Waals surface area contributed by atoms with Crippen molar-refractivity contribution in [3.63, 3.8) is 0 Å². The molecule has 3 N–H and O–H groups in total. The number of nitrogens with two attached hydrogens (primary N) is 1. The second-order valence-corrected chi connectivity index (χ2v) is 6.13. The quantitative estimate of drug-likeness (QED) is 0.787. The highest BCUT2D eigenvalue weighted by atomic mass is 32.2. The summed E-state index contributed by atoms with van der Waals surface area (Å²) in [5.41, 5.74) is 6.92. The summed E-state index contributed by atoms with van der Waals surface area (Å²) >= 11 is 1.65. The number of nitrogen functional groups attached to an aromatic ring is 1. The first-order valence-electron chi connectivity index (χ1n) is 6.29. The predicted molar refractivity (Wildman–Crippen MR) is 82.8 cm³/mol. The molecule has 0 aliphatic carbocycles. The van der Waals surface area contributed by atoms with E-state index in [0.29, 0.717) is 34.0 Å². The first kappa shape index (κ1) is 15.7. The van der Waals surface area contributed by atoms with E-state index in [0.717, 1.165) is 0 Å². The van der Waals surface area contributed by atoms with E-state index in [4.69, 9.17) is 10.5 Å². The lowest BCUT2D eigenvalue weighted by Gasteiger charge is -2.15. The van der Waals surface area contributed by atoms with E-state index in [1.807, 2.05) is 0 Å². The summed E-state index contributed by atoms with van der Waals surface area (Å²) in [6, 6.07) is 5.19. The maximum atomic E-state index is 11.9. The molecular weight excluding hydrogens is 260 g/mol. The number of amides is 1. The molecule has 0 saturated heterocycles. The first-order valence-corrected chi connectivity index (χ1v) is 7.34. The lowest BCUT2D eigenvalue weighted by Crippen LogP contribution is -2.18. The molecule has 0 aliphatic rings. The molecule has 1 unspecified atom stereocenters. The molecule has 0 heterocycles. The van der Waals surface area contributed by atoms with Gasteiger partial charge in [0.15, 0.2) is 0 Å². The van der Waals surface area contributed by atoms with E-state index >= 15 is 0 Å². The molecular formula is C14H22N2O2S. The van der Waals surface area contributed by atoms with E-state index in [-0.39, 0.29) is 5.91 Å². The predicted octanol–water partition coefficient (Wildman–Crippen LogP) is 2.99. The Labute approximate surface area is 119 Å². The number of carbonyl (C=O) groups excluding carboxylic acids is 1. The fraction of sp³-hybridized carbons (Fsp3) is 0.500. The second-order valence-electron chi connectivity index (χ2n) is 4.77. The van der Waals surface area contributed by atoms with E-state index in [2.05, 4.69) is 26.1 Å². The number of benzene rings is 1. The van der Waals surface area contributed by atoms with E-state index in [1.54, 1.807) is 37.1 Å². The van der Waals surface area contributed by atoms with Gasteiger partial charge in [-0.3, -0.25) is 4.79 Å². The molecule has 106 valence electrons. The Morgan fingerprint density at radius 1 is 1.42 bits per heavy atom. The number of hydrogen-bond donors (Lipinski definition) is 2. The third-order valence-electron chi connectivity index (χ3n) is 2.91. The molecule has 0 aromatic heterocycles. The Kier molecular flexibility index (Phi) is 6.02. The highest BCUT2D eigenvalue weighted by molar-refractivity contribution is 8.00. The van der Waals surface area contributed by atoms with Gasteiger partial charge in [0.2, 0.25) is 5.91 Å². The summed E-state index contributed by atoms with van der Waals surface area (Å²) in [4.78, 5) is 11.9. The maximum Gasteiger partial charge on any atom is 0.234 e. The number of ether oxygens (including phenoxy) is 1. The summed E-state index contributed by atoms with van der Waals surface area (Å²) in [5, 5.41) is 3.28. The van der Waals surface area contributed by atoms with Crippen LogP contribution in [0.2, 0.25) is 0 Å². The molecule has 1 atom stereocenters. The zero-order valence-electron chi connectivity index (χ0n) is 11.9. The monoisotopic (exact) mass is 282 g/mol. The van der Waals surface area contributed by atoms with Crippen LogP contribution in [0, 0.1) is 5.92 Å². The topological polar surface area (TPSA) is 64.3 Å². The molecule has 0 aliphatic heterocycles. The Hall–Kier alpha value is -1.36. The molecule has 1 amide bonds. The number of hydrogen-bond acceptors (Lipinski definition) is 4. The van der Waals surface area contributed by atoms with Crippen LogP contribution in [0.5, 0.6) is 5.75 Å². The third kappa shape index (κ3) is 5.03. The third-order valence-corrected chi connectivity index (χ3v) is 4.41. The van der Waals surface area contributed by atoms with Gasteiger partial charge < -0.3 is 15.8 Å². The first-order chi connectivity index (χ1) is 8.93. The lowest BCUT2D eigenvalue weighted by atomic mass is 10.2. The fourth-order valence-electron chi connectivity index (χ4n) is 1.41. The summed E-state index contributed by atoms with van der Waals surface area (Å²) in [5.74, 6) is 1.56. The van der Waals surface area contributed by atoms with Crippen LogP contribution in [0.4, 0.5) is 11.4 Å². The van der Waals surface area contributed by atoms with Gasteiger partial charge in [-0.25, -0.2) is 0 Å². The molecule has 1 rings (SSSR count). The van der Waals surface area contributed by atoms with E-state index in [9.17, 15) is 4.79 Å². The number of methoxy groups -OCH3 is 1. The van der Waals surface area contributed by atoms with Gasteiger partial charge in [0.05, 0.1) is 18.6 Å². The van der Waals surface area contributed by atoms with Crippen molar-refractivity contribution in [3.05, 3.63) is 18.2 Å². The maximum absolute atomic E-state index is 11.9. The van der Waals surface area contributed by atoms with Crippen LogP contribution in [-0.4, -0.2) is 24.0 Å². The zero-order chi connectivity index (χ0) is 14.4. The van der Waals surface area contributed by atoms with Crippen LogP contribution in [0.1, 0.15) is 20.8 Å². The van der Waals surface area contributed by atoms with Gasteiger partial charge in [0.25, 0.3) is 0 Å². The molecule has 0 bridgehead atoms. The van der Waals surface area contributed by atoms with Gasteiger partial charge in [0, 0.05) is 10.9 Å². The fourth-order valence-corrected chi connectivity index (χ4v) is 2.28. The van der Waals surface area contributed by atoms with Crippen LogP contribution >= 0.6 is 11.8 Å². The van der Waals surface area contributed by atoms with Gasteiger partial charge in [-0.1, -0.05) is 20.8 Å². The molecule has 19 heavy (non-hydrogen) atoms. The number of rotatable bonds is 6. The van der Waals surface area contributed by atoms with Gasteiger partial charge in [-0.15, -0.1) is 11.8 Å². The van der Waals surface area contributed by atoms with Gasteiger partial charge >= 0.3 is 0 Å². The lowest BCUT2D eigenvalue weighted by molar-refractivity contribution is -0.113. The number of anilines is 2. The number of carbonyl (C=O) groups is 1. The Morgan fingerprint density at radius 3 is 2.68 bits per heavy atom. The average molecular weight is 282 g/mol. The van der Waals surface area contributed by atoms with E-state index in [1.165, 1.54) is 0 Å². The van der Waals surface area contributed by atoms with Crippen molar-refractivity contribution >= 4 is 29.0 Å². The minimum atomic E-state index is -0.0404. The van der Waals surface area contributed by atoms with Crippen molar-refractivity contribution < 1.29 is 9.53 Å². The Balaban J connectivity index is 2.59. The van der Waals surface area contributed by atoms with E-state index < -0.39 is 0 Å². The summed E-state index contributed by atoms with van der Waals surface area (Å²) in [7, 11) is 1.57. The van der Waals surface area contributed by atoms with Gasteiger partial charge in [-0.2, -0.15) is 0 Å². The molecule has 0 spiro atoms. The van der Waals surface area contributed by atoms with Crippen molar-refractivity contribution in [1.82, 2.24) is 0 Å².